The molecular weight excluding hydrogens is 600 g/mol. The van der Waals surface area contributed by atoms with Crippen LogP contribution >= 0.6 is 0 Å². The number of hydrogen-bond donors (Lipinski definition) is 6. The summed E-state index contributed by atoms with van der Waals surface area (Å²) >= 11 is 0. The lowest BCUT2D eigenvalue weighted by molar-refractivity contribution is 0.239. The van der Waals surface area contributed by atoms with Gasteiger partial charge < -0.3 is 31.9 Å². The van der Waals surface area contributed by atoms with Crippen molar-refractivity contribution in [1.82, 2.24) is 31.9 Å². The van der Waals surface area contributed by atoms with Gasteiger partial charge in [-0.1, -0.05) is 112 Å². The maximum absolute atomic E-state index is 12.9. The van der Waals surface area contributed by atoms with Crippen LogP contribution in [0.15, 0.2) is 91.0 Å². The Morgan fingerprint density at radius 2 is 0.583 bits per heavy atom. The van der Waals surface area contributed by atoms with Gasteiger partial charge in [0.2, 0.25) is 0 Å². The zero-order valence-electron chi connectivity index (χ0n) is 28.2. The number of carbonyl (C=O) groups is 3. The third kappa shape index (κ3) is 10.4. The molecule has 4 aromatic rings. The molecule has 6 amide bonds. The lowest BCUT2D eigenvalue weighted by Gasteiger charge is -2.27. The largest absolute Gasteiger partial charge is 0.334 e. The topological polar surface area (TPSA) is 123 Å². The summed E-state index contributed by atoms with van der Waals surface area (Å²) in [6.07, 6.45) is 2.16. The standard InChI is InChI=1S/C39H48N6O3/c1-4-31-34(25-43-37(46)40-22-28-16-10-7-11-17-28)32(5-2)36(27-45-39(48)42-24-30-20-14-9-15-21-30)33(6-3)35(31)26-44-38(47)41-23-29-18-12-8-13-19-29/h7-21H,4-6,22-27H2,1-3H3,(H2,40,43,46)(H2,41,44,47)(H2,42,45,48). The average molecular weight is 649 g/mol. The highest BCUT2D eigenvalue weighted by Crippen LogP contribution is 2.31. The molecule has 0 saturated carbocycles. The van der Waals surface area contributed by atoms with Gasteiger partial charge in [-0.25, -0.2) is 14.4 Å². The molecule has 0 atom stereocenters. The molecule has 0 saturated heterocycles. The lowest BCUT2D eigenvalue weighted by Crippen LogP contribution is -2.37. The fourth-order valence-electron chi connectivity index (χ4n) is 6.04. The van der Waals surface area contributed by atoms with E-state index in [2.05, 4.69) is 52.7 Å². The van der Waals surface area contributed by atoms with Crippen LogP contribution in [0, 0.1) is 0 Å². The summed E-state index contributed by atoms with van der Waals surface area (Å²) in [7, 11) is 0. The Labute approximate surface area is 284 Å². The first kappa shape index (κ1) is 35.5. The quantitative estimate of drug-likeness (QED) is 0.0898. The second-order valence-electron chi connectivity index (χ2n) is 11.5. The number of carbonyl (C=O) groups excluding carboxylic acids is 3. The minimum atomic E-state index is -0.262. The van der Waals surface area contributed by atoms with E-state index in [4.69, 9.17) is 0 Å². The third-order valence-corrected chi connectivity index (χ3v) is 8.41. The molecule has 0 heterocycles. The Morgan fingerprint density at radius 1 is 0.354 bits per heavy atom. The van der Waals surface area contributed by atoms with Crippen molar-refractivity contribution in [3.05, 3.63) is 141 Å². The molecule has 4 rings (SSSR count). The second kappa shape index (κ2) is 18.7. The lowest BCUT2D eigenvalue weighted by atomic mass is 9.83. The summed E-state index contributed by atoms with van der Waals surface area (Å²) in [6.45, 7) is 8.51. The molecule has 0 radical (unpaired) electrons. The van der Waals surface area contributed by atoms with Crippen molar-refractivity contribution in [2.45, 2.75) is 79.3 Å². The SMILES string of the molecule is CCc1c(CNC(=O)NCc2ccccc2)c(CC)c(CNC(=O)NCc2ccccc2)c(CC)c1CNC(=O)NCc1ccccc1. The van der Waals surface area contributed by atoms with Crippen LogP contribution in [0.2, 0.25) is 0 Å². The highest BCUT2D eigenvalue weighted by atomic mass is 16.2. The molecule has 0 aromatic heterocycles. The van der Waals surface area contributed by atoms with Gasteiger partial charge >= 0.3 is 18.1 Å². The summed E-state index contributed by atoms with van der Waals surface area (Å²) in [4.78, 5) is 38.8. The number of hydrogen-bond acceptors (Lipinski definition) is 3. The minimum absolute atomic E-state index is 0.262. The molecular formula is C39H48N6O3. The summed E-state index contributed by atoms with van der Waals surface area (Å²) in [5, 5.41) is 18.1. The van der Waals surface area contributed by atoms with E-state index in [1.165, 1.54) is 0 Å². The monoisotopic (exact) mass is 648 g/mol. The van der Waals surface area contributed by atoms with Gasteiger partial charge in [0.1, 0.15) is 0 Å². The van der Waals surface area contributed by atoms with Gasteiger partial charge in [-0.15, -0.1) is 0 Å². The Bertz CT molecular complexity index is 1410. The zero-order valence-corrected chi connectivity index (χ0v) is 28.2. The van der Waals surface area contributed by atoms with Gasteiger partial charge in [0.05, 0.1) is 0 Å². The van der Waals surface area contributed by atoms with Gasteiger partial charge in [-0.05, 0) is 69.3 Å². The van der Waals surface area contributed by atoms with Gasteiger partial charge in [-0.2, -0.15) is 0 Å². The molecule has 48 heavy (non-hydrogen) atoms. The number of rotatable bonds is 15. The molecule has 6 N–H and O–H groups in total. The maximum Gasteiger partial charge on any atom is 0.315 e. The van der Waals surface area contributed by atoms with E-state index < -0.39 is 0 Å². The molecule has 0 spiro atoms. The van der Waals surface area contributed by atoms with Crippen molar-refractivity contribution in [2.24, 2.45) is 0 Å². The van der Waals surface area contributed by atoms with Crippen LogP contribution in [0.3, 0.4) is 0 Å². The minimum Gasteiger partial charge on any atom is -0.334 e. The van der Waals surface area contributed by atoms with Crippen molar-refractivity contribution < 1.29 is 14.4 Å². The van der Waals surface area contributed by atoms with E-state index in [1.54, 1.807) is 0 Å². The van der Waals surface area contributed by atoms with Crippen molar-refractivity contribution in [1.29, 1.82) is 0 Å². The fourth-order valence-corrected chi connectivity index (χ4v) is 6.04. The van der Waals surface area contributed by atoms with Gasteiger partial charge in [0, 0.05) is 39.3 Å². The Morgan fingerprint density at radius 3 is 0.812 bits per heavy atom. The first-order valence-corrected chi connectivity index (χ1v) is 16.8. The van der Waals surface area contributed by atoms with Crippen molar-refractivity contribution in [3.63, 3.8) is 0 Å². The first-order chi connectivity index (χ1) is 23.4. The van der Waals surface area contributed by atoms with Crippen molar-refractivity contribution in [3.8, 4) is 0 Å². The summed E-state index contributed by atoms with van der Waals surface area (Å²) in [5.41, 5.74) is 9.43. The Balaban J connectivity index is 1.56. The maximum atomic E-state index is 12.9. The highest BCUT2D eigenvalue weighted by molar-refractivity contribution is 5.75. The smallest absolute Gasteiger partial charge is 0.315 e. The van der Waals surface area contributed by atoms with E-state index in [9.17, 15) is 14.4 Å². The molecule has 0 aliphatic rings. The molecule has 0 bridgehead atoms. The van der Waals surface area contributed by atoms with Crippen LogP contribution in [0.25, 0.3) is 0 Å². The van der Waals surface area contributed by atoms with Crippen LogP contribution in [0.5, 0.6) is 0 Å². The number of urea groups is 3. The molecule has 4 aromatic carbocycles. The molecule has 0 unspecified atom stereocenters. The molecule has 0 aliphatic heterocycles. The average Bonchev–Trinajstić information content (AvgIpc) is 3.13. The summed E-state index contributed by atoms with van der Waals surface area (Å²) < 4.78 is 0. The summed E-state index contributed by atoms with van der Waals surface area (Å²) in [6, 6.07) is 28.5. The molecule has 252 valence electrons. The predicted octanol–water partition coefficient (Wildman–Crippen LogP) is 6.37. The van der Waals surface area contributed by atoms with Crippen LogP contribution in [-0.4, -0.2) is 18.1 Å². The highest BCUT2D eigenvalue weighted by Gasteiger charge is 2.22. The summed E-state index contributed by atoms with van der Waals surface area (Å²) in [5.74, 6) is 0. The van der Waals surface area contributed by atoms with E-state index in [0.717, 1.165) is 69.3 Å². The molecule has 9 nitrogen and oxygen atoms in total. The zero-order chi connectivity index (χ0) is 34.1. The predicted molar refractivity (Wildman–Crippen MR) is 191 cm³/mol. The number of benzene rings is 4. The van der Waals surface area contributed by atoms with Gasteiger partial charge in [0.15, 0.2) is 0 Å². The number of amides is 6. The fraction of sp³-hybridized carbons (Fsp3) is 0.308. The second-order valence-corrected chi connectivity index (χ2v) is 11.5. The molecule has 0 aliphatic carbocycles. The van der Waals surface area contributed by atoms with Gasteiger partial charge in [0.25, 0.3) is 0 Å². The van der Waals surface area contributed by atoms with Crippen LogP contribution in [0.1, 0.15) is 70.8 Å². The Kier molecular flexibility index (Phi) is 13.9. The van der Waals surface area contributed by atoms with Gasteiger partial charge in [-0.3, -0.25) is 0 Å². The van der Waals surface area contributed by atoms with E-state index in [1.807, 2.05) is 91.0 Å². The van der Waals surface area contributed by atoms with Crippen LogP contribution < -0.4 is 31.9 Å². The van der Waals surface area contributed by atoms with E-state index >= 15 is 0 Å². The third-order valence-electron chi connectivity index (χ3n) is 8.41. The van der Waals surface area contributed by atoms with E-state index in [-0.39, 0.29) is 18.1 Å². The normalized spacial score (nSPS) is 10.6. The van der Waals surface area contributed by atoms with Crippen LogP contribution in [0.4, 0.5) is 14.4 Å². The van der Waals surface area contributed by atoms with Crippen molar-refractivity contribution >= 4 is 18.1 Å². The Hall–Kier alpha value is -5.31. The molecule has 0 fully saturated rings. The number of nitrogens with one attached hydrogen (secondary N) is 6. The van der Waals surface area contributed by atoms with Crippen molar-refractivity contribution in [2.75, 3.05) is 0 Å². The van der Waals surface area contributed by atoms with E-state index in [0.29, 0.717) is 39.3 Å². The molecule has 9 heteroatoms. The first-order valence-electron chi connectivity index (χ1n) is 16.8. The van der Waals surface area contributed by atoms with Crippen LogP contribution in [-0.2, 0) is 58.5 Å².